The van der Waals surface area contributed by atoms with Crippen LogP contribution in [-0.2, 0) is 5.33 Å². The molecule has 3 nitrogen and oxygen atoms in total. The molecule has 0 bridgehead atoms. The van der Waals surface area contributed by atoms with E-state index in [-0.39, 0.29) is 0 Å². The Labute approximate surface area is 132 Å². The second kappa shape index (κ2) is 5.53. The van der Waals surface area contributed by atoms with Crippen molar-refractivity contribution in [2.45, 2.75) is 26.1 Å². The molecule has 0 fully saturated rings. The zero-order chi connectivity index (χ0) is 15.0. The van der Waals surface area contributed by atoms with Crippen molar-refractivity contribution >= 4 is 21.6 Å². The van der Waals surface area contributed by atoms with E-state index in [9.17, 15) is 0 Å². The first-order chi connectivity index (χ1) is 10.1. The van der Waals surface area contributed by atoms with Crippen LogP contribution in [0.4, 0.5) is 0 Å². The number of aryl methyl sites for hydroxylation is 2. The first-order valence-corrected chi connectivity index (χ1v) is 8.00. The van der Waals surface area contributed by atoms with Crippen molar-refractivity contribution in [3.8, 4) is 11.6 Å². The monoisotopic (exact) mass is 344 g/mol. The smallest absolute Gasteiger partial charge is 0.242 e. The van der Waals surface area contributed by atoms with Gasteiger partial charge < -0.3 is 4.74 Å². The number of hydrogen-bond acceptors (Lipinski definition) is 2. The van der Waals surface area contributed by atoms with Crippen LogP contribution in [0, 0.1) is 20.8 Å². The molecule has 0 N–H and O–H groups in total. The van der Waals surface area contributed by atoms with Gasteiger partial charge in [0.15, 0.2) is 0 Å². The summed E-state index contributed by atoms with van der Waals surface area (Å²) in [6.45, 7) is 6.24. The molecule has 0 aliphatic carbocycles. The van der Waals surface area contributed by atoms with Gasteiger partial charge in [-0.1, -0.05) is 34.1 Å². The van der Waals surface area contributed by atoms with E-state index in [4.69, 9.17) is 4.74 Å². The molecule has 0 saturated carbocycles. The first kappa shape index (κ1) is 14.1. The van der Waals surface area contributed by atoms with Crippen LogP contribution in [0.3, 0.4) is 0 Å². The van der Waals surface area contributed by atoms with E-state index in [2.05, 4.69) is 53.8 Å². The molecule has 1 aromatic carbocycles. The zero-order valence-corrected chi connectivity index (χ0v) is 13.9. The molecule has 0 spiro atoms. The predicted molar refractivity (Wildman–Crippen MR) is 88.6 cm³/mol. The highest BCUT2D eigenvalue weighted by molar-refractivity contribution is 9.08. The van der Waals surface area contributed by atoms with Crippen molar-refractivity contribution in [3.63, 3.8) is 0 Å². The summed E-state index contributed by atoms with van der Waals surface area (Å²) in [7, 11) is 0. The number of benzene rings is 1. The van der Waals surface area contributed by atoms with Gasteiger partial charge in [-0.25, -0.2) is 0 Å². The molecule has 0 amide bonds. The largest absolute Gasteiger partial charge is 0.437 e. The summed E-state index contributed by atoms with van der Waals surface area (Å²) >= 11 is 3.53. The first-order valence-electron chi connectivity index (χ1n) is 6.88. The Hall–Kier alpha value is -1.81. The lowest BCUT2D eigenvalue weighted by molar-refractivity contribution is 0.454. The number of ether oxygens (including phenoxy) is 1. The number of aromatic nitrogens is 2. The lowest BCUT2D eigenvalue weighted by Crippen LogP contribution is -1.96. The number of alkyl halides is 1. The van der Waals surface area contributed by atoms with Crippen molar-refractivity contribution in [1.82, 2.24) is 9.38 Å². The van der Waals surface area contributed by atoms with Gasteiger partial charge in [0, 0.05) is 11.5 Å². The summed E-state index contributed by atoms with van der Waals surface area (Å²) in [6, 6.07) is 10.2. The zero-order valence-electron chi connectivity index (χ0n) is 12.4. The summed E-state index contributed by atoms with van der Waals surface area (Å²) in [5.74, 6) is 1.57. The summed E-state index contributed by atoms with van der Waals surface area (Å²) in [6.07, 6.45) is 2.00. The minimum Gasteiger partial charge on any atom is -0.437 e. The number of halogens is 1. The Morgan fingerprint density at radius 3 is 2.62 bits per heavy atom. The molecule has 0 unspecified atom stereocenters. The third-order valence-corrected chi connectivity index (χ3v) is 4.32. The van der Waals surface area contributed by atoms with Gasteiger partial charge in [-0.2, -0.15) is 4.98 Å². The molecule has 0 aliphatic rings. The standard InChI is InChI=1S/C17H17BrN2O/c1-11-7-8-12(2)16(13(11)3)21-17-14(10-18)20-9-5-4-6-15(20)19-17/h4-9H,10H2,1-3H3. The highest BCUT2D eigenvalue weighted by atomic mass is 79.9. The van der Waals surface area contributed by atoms with Crippen LogP contribution in [0.1, 0.15) is 22.4 Å². The van der Waals surface area contributed by atoms with Gasteiger partial charge >= 0.3 is 0 Å². The molecule has 3 aromatic rings. The minimum absolute atomic E-state index is 0.662. The Bertz CT molecular complexity index is 808. The Kier molecular flexibility index (Phi) is 3.72. The fraction of sp³-hybridized carbons (Fsp3) is 0.235. The number of imidazole rings is 1. The summed E-state index contributed by atoms with van der Waals surface area (Å²) < 4.78 is 8.21. The van der Waals surface area contributed by atoms with E-state index >= 15 is 0 Å². The average Bonchev–Trinajstić information content (AvgIpc) is 2.84. The van der Waals surface area contributed by atoms with Gasteiger partial charge in [-0.15, -0.1) is 0 Å². The van der Waals surface area contributed by atoms with E-state index in [1.54, 1.807) is 0 Å². The van der Waals surface area contributed by atoms with Crippen LogP contribution < -0.4 is 4.74 Å². The van der Waals surface area contributed by atoms with Gasteiger partial charge in [0.1, 0.15) is 11.4 Å². The van der Waals surface area contributed by atoms with Crippen molar-refractivity contribution in [2.75, 3.05) is 0 Å². The highest BCUT2D eigenvalue weighted by Crippen LogP contribution is 2.33. The highest BCUT2D eigenvalue weighted by Gasteiger charge is 2.15. The molecule has 0 atom stereocenters. The van der Waals surface area contributed by atoms with Gasteiger partial charge in [-0.3, -0.25) is 4.40 Å². The van der Waals surface area contributed by atoms with E-state index in [0.29, 0.717) is 11.2 Å². The number of fused-ring (bicyclic) bond motifs is 1. The summed E-state index contributed by atoms with van der Waals surface area (Å²) in [4.78, 5) is 4.60. The maximum atomic E-state index is 6.17. The van der Waals surface area contributed by atoms with E-state index in [1.807, 2.05) is 28.8 Å². The maximum absolute atomic E-state index is 6.17. The van der Waals surface area contributed by atoms with Crippen LogP contribution in [0.15, 0.2) is 36.5 Å². The van der Waals surface area contributed by atoms with E-state index in [1.165, 1.54) is 5.56 Å². The van der Waals surface area contributed by atoms with Crippen LogP contribution in [-0.4, -0.2) is 9.38 Å². The fourth-order valence-corrected chi connectivity index (χ4v) is 2.92. The molecule has 2 heterocycles. The van der Waals surface area contributed by atoms with Gasteiger partial charge in [0.2, 0.25) is 5.88 Å². The summed E-state index contributed by atoms with van der Waals surface area (Å²) in [5, 5.41) is 0.692. The average molecular weight is 345 g/mol. The van der Waals surface area contributed by atoms with Crippen molar-refractivity contribution in [1.29, 1.82) is 0 Å². The van der Waals surface area contributed by atoms with Crippen LogP contribution in [0.5, 0.6) is 11.6 Å². The molecule has 108 valence electrons. The number of hydrogen-bond donors (Lipinski definition) is 0. The third kappa shape index (κ3) is 2.44. The number of pyridine rings is 1. The lowest BCUT2D eigenvalue weighted by atomic mass is 10.1. The SMILES string of the molecule is Cc1ccc(C)c(Oc2nc3ccccn3c2CBr)c1C. The van der Waals surface area contributed by atoms with Crippen molar-refractivity contribution in [3.05, 3.63) is 58.9 Å². The fourth-order valence-electron chi connectivity index (χ4n) is 2.41. The second-order valence-electron chi connectivity index (χ2n) is 5.18. The predicted octanol–water partition coefficient (Wildman–Crippen LogP) is 4.95. The van der Waals surface area contributed by atoms with Crippen LogP contribution in [0.25, 0.3) is 5.65 Å². The maximum Gasteiger partial charge on any atom is 0.242 e. The van der Waals surface area contributed by atoms with Gasteiger partial charge in [0.25, 0.3) is 0 Å². The van der Waals surface area contributed by atoms with E-state index in [0.717, 1.165) is 28.2 Å². The number of rotatable bonds is 3. The number of nitrogens with zero attached hydrogens (tertiary/aromatic N) is 2. The molecule has 3 rings (SSSR count). The third-order valence-electron chi connectivity index (χ3n) is 3.79. The molecular weight excluding hydrogens is 328 g/mol. The molecule has 4 heteroatoms. The molecule has 0 aliphatic heterocycles. The Balaban J connectivity index is 2.12. The normalized spacial score (nSPS) is 11.0. The topological polar surface area (TPSA) is 26.5 Å². The van der Waals surface area contributed by atoms with Crippen molar-refractivity contribution in [2.24, 2.45) is 0 Å². The summed E-state index contributed by atoms with van der Waals surface area (Å²) in [5.41, 5.74) is 5.42. The molecule has 21 heavy (non-hydrogen) atoms. The Morgan fingerprint density at radius 2 is 1.86 bits per heavy atom. The van der Waals surface area contributed by atoms with Crippen LogP contribution >= 0.6 is 15.9 Å². The van der Waals surface area contributed by atoms with Gasteiger partial charge in [0.05, 0.1) is 5.69 Å². The molecule has 0 saturated heterocycles. The Morgan fingerprint density at radius 1 is 1.10 bits per heavy atom. The molecule has 0 radical (unpaired) electrons. The second-order valence-corrected chi connectivity index (χ2v) is 5.74. The van der Waals surface area contributed by atoms with E-state index < -0.39 is 0 Å². The molecular formula is C17H17BrN2O. The quantitative estimate of drug-likeness (QED) is 0.628. The molecule has 2 aromatic heterocycles. The van der Waals surface area contributed by atoms with Crippen molar-refractivity contribution < 1.29 is 4.74 Å². The van der Waals surface area contributed by atoms with Crippen LogP contribution in [0.2, 0.25) is 0 Å². The lowest BCUT2D eigenvalue weighted by Gasteiger charge is -2.12. The van der Waals surface area contributed by atoms with Gasteiger partial charge in [-0.05, 0) is 49.6 Å². The minimum atomic E-state index is 0.662.